The molecule has 2 atom stereocenters. The van der Waals surface area contributed by atoms with E-state index in [2.05, 4.69) is 16.3 Å². The number of hydrogen-bond acceptors (Lipinski definition) is 4. The molecule has 0 rings (SSSR count). The van der Waals surface area contributed by atoms with E-state index >= 15 is 0 Å². The van der Waals surface area contributed by atoms with Gasteiger partial charge in [-0.25, -0.2) is 0 Å². The van der Waals surface area contributed by atoms with Gasteiger partial charge in [0.1, 0.15) is 0 Å². The molecule has 5 N–H and O–H groups in total. The Kier molecular flexibility index (Phi) is 3.56. The highest BCUT2D eigenvalue weighted by Gasteiger charge is 1.97. The predicted molar refractivity (Wildman–Crippen MR) is 21.6 cm³/mol. The lowest BCUT2D eigenvalue weighted by Gasteiger charge is -2.24. The van der Waals surface area contributed by atoms with Crippen LogP contribution < -0.4 is 16.5 Å². The van der Waals surface area contributed by atoms with Crippen molar-refractivity contribution in [2.24, 2.45) is 5.90 Å². The van der Waals surface area contributed by atoms with Gasteiger partial charge in [-0.15, -0.1) is 7.05 Å². The fourth-order valence-electron chi connectivity index (χ4n) is 0.144. The summed E-state index contributed by atoms with van der Waals surface area (Å²) in [7, 11) is 1.24. The minimum atomic E-state index is -1.03. The Morgan fingerprint density at radius 1 is 1.88 bits per heavy atom. The van der Waals surface area contributed by atoms with Crippen molar-refractivity contribution >= 4 is 0 Å². The van der Waals surface area contributed by atoms with E-state index in [1.54, 1.807) is 0 Å². The van der Waals surface area contributed by atoms with Crippen LogP contribution >= 0.6 is 0 Å². The lowest BCUT2D eigenvalue weighted by atomic mass is 11.5. The van der Waals surface area contributed by atoms with E-state index in [0.717, 1.165) is 0 Å². The molecule has 0 saturated carbocycles. The first-order valence-corrected chi connectivity index (χ1v) is 1.79. The van der Waals surface area contributed by atoms with Crippen LogP contribution in [-0.4, -0.2) is 12.3 Å². The monoisotopic (exact) mass is 124 g/mol. The summed E-state index contributed by atoms with van der Waals surface area (Å²) in [6.07, 6.45) is 0. The van der Waals surface area contributed by atoms with Crippen molar-refractivity contribution in [2.75, 3.05) is 7.05 Å². The minimum absolute atomic E-state index is 0.729. The highest BCUT2D eigenvalue weighted by atomic mass is 17.0. The van der Waals surface area contributed by atoms with Gasteiger partial charge >= 0.3 is 0 Å². The normalized spacial score (nSPS) is 18.0. The Morgan fingerprint density at radius 3 is 2.50 bits per heavy atom. The van der Waals surface area contributed by atoms with Crippen LogP contribution in [0.1, 0.15) is 0 Å². The molecule has 2 unspecified atom stereocenters. The van der Waals surface area contributed by atoms with Crippen molar-refractivity contribution in [3.8, 4) is 0 Å². The second kappa shape index (κ2) is 3.69. The van der Waals surface area contributed by atoms with Gasteiger partial charge in [-0.1, -0.05) is 10.2 Å². The first-order chi connectivity index (χ1) is 3.72. The molecule has 0 aromatic heterocycles. The maximum Gasteiger partial charge on any atom is -0.0347 e. The second-order valence-electron chi connectivity index (χ2n) is 0.953. The van der Waals surface area contributed by atoms with Crippen LogP contribution in [0.25, 0.3) is 5.43 Å². The molecular formula is CH8N4O3. The summed E-state index contributed by atoms with van der Waals surface area (Å²) in [5.74, 6) is 4.36. The van der Waals surface area contributed by atoms with Crippen LogP contribution in [0, 0.1) is 5.21 Å². The van der Waals surface area contributed by atoms with Crippen LogP contribution in [0.4, 0.5) is 0 Å². The molecule has 0 aromatic rings. The SMILES string of the molecule is C[N-][NH+](O)[NH+]([O-])ON. The standard InChI is InChI=1S/CH8N4O3/c1-3-4(6)5(7)8-2/h4-6H,2H2,1H3. The maximum atomic E-state index is 10.0. The Bertz CT molecular complexity index is 51.2. The number of quaternary nitrogens is 2. The molecule has 8 heavy (non-hydrogen) atoms. The molecule has 0 heterocycles. The maximum absolute atomic E-state index is 10.0. The molecule has 0 saturated heterocycles. The minimum Gasteiger partial charge on any atom is -0.546 e. The molecule has 0 bridgehead atoms. The highest BCUT2D eigenvalue weighted by Crippen LogP contribution is 1.39. The first kappa shape index (κ1) is 7.72. The molecule has 0 spiro atoms. The molecule has 0 aliphatic carbocycles. The number of nitrogens with zero attached hydrogens (tertiary/aromatic N) is 1. The van der Waals surface area contributed by atoms with Crippen molar-refractivity contribution < 1.29 is 20.8 Å². The van der Waals surface area contributed by atoms with Gasteiger partial charge in [0.2, 0.25) is 0 Å². The summed E-state index contributed by atoms with van der Waals surface area (Å²) >= 11 is 0. The quantitative estimate of drug-likeness (QED) is 0.290. The third-order valence-electron chi connectivity index (χ3n) is 0.501. The van der Waals surface area contributed by atoms with Gasteiger partial charge in [-0.05, 0) is 5.34 Å². The topological polar surface area (TPSA) is 102 Å². The van der Waals surface area contributed by atoms with E-state index < -0.39 is 10.6 Å². The Balaban J connectivity index is 3.29. The lowest BCUT2D eigenvalue weighted by molar-refractivity contribution is -1.61. The van der Waals surface area contributed by atoms with E-state index in [4.69, 9.17) is 5.21 Å². The lowest BCUT2D eigenvalue weighted by Crippen LogP contribution is -3.55. The van der Waals surface area contributed by atoms with Crippen LogP contribution in [0.2, 0.25) is 0 Å². The van der Waals surface area contributed by atoms with Gasteiger partial charge in [0.15, 0.2) is 0 Å². The molecule has 0 amide bonds. The molecule has 50 valence electrons. The zero-order chi connectivity index (χ0) is 6.57. The number of nitrogens with one attached hydrogen (secondary N) is 2. The van der Waals surface area contributed by atoms with Crippen LogP contribution in [0.5, 0.6) is 0 Å². The molecule has 0 radical (unpaired) electrons. The van der Waals surface area contributed by atoms with Gasteiger partial charge < -0.3 is 10.6 Å². The Morgan fingerprint density at radius 2 is 2.38 bits per heavy atom. The van der Waals surface area contributed by atoms with E-state index in [0.29, 0.717) is 0 Å². The van der Waals surface area contributed by atoms with Gasteiger partial charge in [-0.2, -0.15) is 11.1 Å². The molecular weight excluding hydrogens is 116 g/mol. The molecule has 0 aliphatic rings. The molecule has 0 fully saturated rings. The first-order valence-electron chi connectivity index (χ1n) is 1.79. The zero-order valence-corrected chi connectivity index (χ0v) is 4.29. The average Bonchev–Trinajstić information content (AvgIpc) is 1.84. The van der Waals surface area contributed by atoms with E-state index in [9.17, 15) is 5.21 Å². The molecule has 7 nitrogen and oxygen atoms in total. The molecule has 0 aliphatic heterocycles. The van der Waals surface area contributed by atoms with Crippen LogP contribution in [0.3, 0.4) is 0 Å². The van der Waals surface area contributed by atoms with E-state index in [1.807, 2.05) is 0 Å². The van der Waals surface area contributed by atoms with E-state index in [1.165, 1.54) is 7.05 Å². The van der Waals surface area contributed by atoms with Crippen molar-refractivity contribution in [1.29, 1.82) is 0 Å². The fraction of sp³-hybridized carbons (Fsp3) is 1.00. The summed E-state index contributed by atoms with van der Waals surface area (Å²) in [5, 5.41) is 16.6. The fourth-order valence-corrected chi connectivity index (χ4v) is 0.144. The number of rotatable bonds is 3. The number of nitrogens with two attached hydrogens (primary N) is 1. The summed E-state index contributed by atoms with van der Waals surface area (Å²) in [5.41, 5.74) is 3.08. The third-order valence-corrected chi connectivity index (χ3v) is 0.501. The number of hydrogen-bond donors (Lipinski definition) is 4. The van der Waals surface area contributed by atoms with Gasteiger partial charge in [0.25, 0.3) is 0 Å². The Hall–Kier alpha value is -0.280. The zero-order valence-electron chi connectivity index (χ0n) is 4.29. The third kappa shape index (κ3) is 2.14. The summed E-state index contributed by atoms with van der Waals surface area (Å²) in [6.45, 7) is 0. The average molecular weight is 124 g/mol. The van der Waals surface area contributed by atoms with Crippen molar-refractivity contribution in [1.82, 2.24) is 0 Å². The van der Waals surface area contributed by atoms with Crippen molar-refractivity contribution in [2.45, 2.75) is 0 Å². The Labute approximate surface area is 45.6 Å². The van der Waals surface area contributed by atoms with Gasteiger partial charge in [-0.3, -0.25) is 0 Å². The molecule has 0 aromatic carbocycles. The van der Waals surface area contributed by atoms with E-state index in [-0.39, 0.29) is 0 Å². The predicted octanol–water partition coefficient (Wildman–Crippen LogP) is -3.72. The van der Waals surface area contributed by atoms with Gasteiger partial charge in [0, 0.05) is 0 Å². The van der Waals surface area contributed by atoms with Crippen molar-refractivity contribution in [3.05, 3.63) is 10.6 Å². The summed E-state index contributed by atoms with van der Waals surface area (Å²) < 4.78 is 0. The van der Waals surface area contributed by atoms with Crippen LogP contribution in [0.15, 0.2) is 0 Å². The van der Waals surface area contributed by atoms with Gasteiger partial charge in [0.05, 0.1) is 0 Å². The summed E-state index contributed by atoms with van der Waals surface area (Å²) in [6, 6.07) is 0. The smallest absolute Gasteiger partial charge is 0.0347 e. The van der Waals surface area contributed by atoms with Crippen LogP contribution in [-0.2, 0) is 4.94 Å². The van der Waals surface area contributed by atoms with Crippen molar-refractivity contribution in [3.63, 3.8) is 0 Å². The second-order valence-corrected chi connectivity index (χ2v) is 0.953. The summed E-state index contributed by atoms with van der Waals surface area (Å²) in [4.78, 5) is 3.58. The molecule has 7 heteroatoms. The largest absolute Gasteiger partial charge is 0.546 e. The highest BCUT2D eigenvalue weighted by molar-refractivity contribution is 4.29.